The molecule has 7 heteroatoms. The summed E-state index contributed by atoms with van der Waals surface area (Å²) in [5, 5.41) is 5.50. The second-order valence-corrected chi connectivity index (χ2v) is 3.92. The fraction of sp³-hybridized carbons (Fsp3) is 0.364. The largest absolute Gasteiger partial charge is 0.412 e. The molecule has 1 atom stereocenters. The molecule has 0 bridgehead atoms. The van der Waals surface area contributed by atoms with E-state index in [4.69, 9.17) is 0 Å². The molecule has 0 spiro atoms. The zero-order valence-corrected chi connectivity index (χ0v) is 9.30. The third-order valence-electron chi connectivity index (χ3n) is 2.56. The van der Waals surface area contributed by atoms with Gasteiger partial charge in [-0.15, -0.1) is 0 Å². The third kappa shape index (κ3) is 2.92. The molecular weight excluding hydrogens is 249 g/mol. The third-order valence-corrected chi connectivity index (χ3v) is 2.56. The van der Waals surface area contributed by atoms with Crippen LogP contribution in [0.4, 0.5) is 18.0 Å². The highest BCUT2D eigenvalue weighted by molar-refractivity contribution is 5.70. The van der Waals surface area contributed by atoms with E-state index in [1.807, 2.05) is 0 Å². The average molecular weight is 260 g/mol. The molecule has 1 unspecified atom stereocenters. The highest BCUT2D eigenvalue weighted by Crippen LogP contribution is 2.20. The van der Waals surface area contributed by atoms with Gasteiger partial charge in [0, 0.05) is 24.7 Å². The highest BCUT2D eigenvalue weighted by Gasteiger charge is 2.19. The lowest BCUT2D eigenvalue weighted by Gasteiger charge is -2.11. The van der Waals surface area contributed by atoms with Crippen molar-refractivity contribution in [2.24, 2.45) is 0 Å². The first kappa shape index (κ1) is 12.7. The van der Waals surface area contributed by atoms with Crippen LogP contribution in [0.15, 0.2) is 12.1 Å². The minimum absolute atomic E-state index is 0.106. The smallest absolute Gasteiger partial charge is 0.407 e. The van der Waals surface area contributed by atoms with Crippen molar-refractivity contribution in [3.8, 4) is 5.75 Å². The quantitative estimate of drug-likeness (QED) is 0.793. The molecule has 4 nitrogen and oxygen atoms in total. The van der Waals surface area contributed by atoms with Crippen molar-refractivity contribution in [1.82, 2.24) is 10.6 Å². The molecule has 1 aliphatic heterocycles. The molecule has 0 radical (unpaired) electrons. The Kier molecular flexibility index (Phi) is 3.71. The average Bonchev–Trinajstić information content (AvgIpc) is 2.78. The minimum Gasteiger partial charge on any atom is -0.407 e. The minimum atomic E-state index is -1.33. The first-order chi connectivity index (χ1) is 8.56. The standard InChI is InChI=1S/C11H11F3N2O2/c12-7-3-9(14)10(4-8(7)13)18-11(17)16-6-1-2-15-5-6/h3-4,6,15H,1-2,5H2,(H,16,17). The number of rotatable bonds is 2. The summed E-state index contributed by atoms with van der Waals surface area (Å²) in [6, 6.07) is 0.720. The molecule has 0 saturated carbocycles. The normalized spacial score (nSPS) is 18.7. The topological polar surface area (TPSA) is 50.4 Å². The van der Waals surface area contributed by atoms with E-state index in [1.54, 1.807) is 0 Å². The van der Waals surface area contributed by atoms with Gasteiger partial charge in [-0.3, -0.25) is 0 Å². The SMILES string of the molecule is O=C(NC1CCNC1)Oc1cc(F)c(F)cc1F. The lowest BCUT2D eigenvalue weighted by Crippen LogP contribution is -2.38. The number of amides is 1. The Bertz CT molecular complexity index is 462. The number of carbonyl (C=O) groups is 1. The lowest BCUT2D eigenvalue weighted by atomic mass is 10.3. The van der Waals surface area contributed by atoms with E-state index in [0.717, 1.165) is 13.0 Å². The predicted molar refractivity (Wildman–Crippen MR) is 56.8 cm³/mol. The van der Waals surface area contributed by atoms with Crippen molar-refractivity contribution >= 4 is 6.09 Å². The highest BCUT2D eigenvalue weighted by atomic mass is 19.2. The molecule has 0 aliphatic carbocycles. The second kappa shape index (κ2) is 5.26. The van der Waals surface area contributed by atoms with Gasteiger partial charge in [-0.25, -0.2) is 18.0 Å². The number of carbonyl (C=O) groups excluding carboxylic acids is 1. The van der Waals surface area contributed by atoms with E-state index >= 15 is 0 Å². The molecule has 2 rings (SSSR count). The van der Waals surface area contributed by atoms with E-state index in [2.05, 4.69) is 15.4 Å². The molecule has 1 amide bonds. The summed E-state index contributed by atoms with van der Waals surface area (Å²) in [5.41, 5.74) is 0. The molecule has 1 heterocycles. The van der Waals surface area contributed by atoms with E-state index in [1.165, 1.54) is 0 Å². The summed E-state index contributed by atoms with van der Waals surface area (Å²) >= 11 is 0. The number of hydrogen-bond acceptors (Lipinski definition) is 3. The summed E-state index contributed by atoms with van der Waals surface area (Å²) in [5.74, 6) is -4.38. The van der Waals surface area contributed by atoms with Crippen LogP contribution in [-0.2, 0) is 0 Å². The van der Waals surface area contributed by atoms with Crippen molar-refractivity contribution in [1.29, 1.82) is 0 Å². The summed E-state index contributed by atoms with van der Waals surface area (Å²) in [6.07, 6.45) is -0.163. The predicted octanol–water partition coefficient (Wildman–Crippen LogP) is 1.55. The Labute approximate surface area is 101 Å². The number of nitrogens with one attached hydrogen (secondary N) is 2. The van der Waals surface area contributed by atoms with Crippen molar-refractivity contribution in [2.45, 2.75) is 12.5 Å². The van der Waals surface area contributed by atoms with Crippen LogP contribution in [0.5, 0.6) is 5.75 Å². The van der Waals surface area contributed by atoms with Crippen LogP contribution < -0.4 is 15.4 Å². The van der Waals surface area contributed by atoms with Crippen molar-refractivity contribution in [2.75, 3.05) is 13.1 Å². The fourth-order valence-electron chi connectivity index (χ4n) is 1.66. The van der Waals surface area contributed by atoms with Gasteiger partial charge in [-0.1, -0.05) is 0 Å². The number of benzene rings is 1. The van der Waals surface area contributed by atoms with Crippen molar-refractivity contribution in [3.63, 3.8) is 0 Å². The molecule has 1 fully saturated rings. The zero-order chi connectivity index (χ0) is 13.1. The van der Waals surface area contributed by atoms with Gasteiger partial charge >= 0.3 is 6.09 Å². The van der Waals surface area contributed by atoms with Crippen LogP contribution in [0.1, 0.15) is 6.42 Å². The van der Waals surface area contributed by atoms with Crippen LogP contribution in [0, 0.1) is 17.5 Å². The van der Waals surface area contributed by atoms with Crippen LogP contribution in [-0.4, -0.2) is 25.2 Å². The summed E-state index contributed by atoms with van der Waals surface area (Å²) < 4.78 is 43.3. The monoisotopic (exact) mass is 260 g/mol. The summed E-state index contributed by atoms with van der Waals surface area (Å²) in [4.78, 5) is 11.4. The van der Waals surface area contributed by atoms with Gasteiger partial charge in [0.05, 0.1) is 0 Å². The van der Waals surface area contributed by atoms with Gasteiger partial charge in [0.25, 0.3) is 0 Å². The van der Waals surface area contributed by atoms with E-state index < -0.39 is 29.3 Å². The Morgan fingerprint density at radius 1 is 1.28 bits per heavy atom. The van der Waals surface area contributed by atoms with Gasteiger partial charge < -0.3 is 15.4 Å². The maximum Gasteiger partial charge on any atom is 0.412 e. The second-order valence-electron chi connectivity index (χ2n) is 3.92. The van der Waals surface area contributed by atoms with Gasteiger partial charge in [-0.05, 0) is 13.0 Å². The molecule has 18 heavy (non-hydrogen) atoms. The number of halogens is 3. The van der Waals surface area contributed by atoms with Crippen molar-refractivity contribution < 1.29 is 22.7 Å². The van der Waals surface area contributed by atoms with Crippen LogP contribution in [0.3, 0.4) is 0 Å². The molecular formula is C11H11F3N2O2. The van der Waals surface area contributed by atoms with Crippen LogP contribution in [0.25, 0.3) is 0 Å². The van der Waals surface area contributed by atoms with Crippen molar-refractivity contribution in [3.05, 3.63) is 29.6 Å². The number of hydrogen-bond donors (Lipinski definition) is 2. The van der Waals surface area contributed by atoms with Gasteiger partial charge in [0.1, 0.15) is 0 Å². The van der Waals surface area contributed by atoms with Crippen LogP contribution >= 0.6 is 0 Å². The maximum absolute atomic E-state index is 13.2. The molecule has 98 valence electrons. The first-order valence-electron chi connectivity index (χ1n) is 5.40. The lowest BCUT2D eigenvalue weighted by molar-refractivity contribution is 0.194. The van der Waals surface area contributed by atoms with E-state index in [9.17, 15) is 18.0 Å². The Morgan fingerprint density at radius 2 is 2.00 bits per heavy atom. The summed E-state index contributed by atoms with van der Waals surface area (Å²) in [6.45, 7) is 1.36. The Balaban J connectivity index is 2.00. The van der Waals surface area contributed by atoms with Crippen LogP contribution in [0.2, 0.25) is 0 Å². The molecule has 1 aliphatic rings. The zero-order valence-electron chi connectivity index (χ0n) is 9.30. The molecule has 1 saturated heterocycles. The van der Waals surface area contributed by atoms with Gasteiger partial charge in [0.15, 0.2) is 23.2 Å². The molecule has 1 aromatic rings. The van der Waals surface area contributed by atoms with E-state index in [0.29, 0.717) is 18.7 Å². The molecule has 1 aromatic carbocycles. The van der Waals surface area contributed by atoms with E-state index in [-0.39, 0.29) is 6.04 Å². The Hall–Kier alpha value is -1.76. The fourth-order valence-corrected chi connectivity index (χ4v) is 1.66. The van der Waals surface area contributed by atoms with Gasteiger partial charge in [-0.2, -0.15) is 0 Å². The summed E-state index contributed by atoms with van der Waals surface area (Å²) in [7, 11) is 0. The first-order valence-corrected chi connectivity index (χ1v) is 5.40. The Morgan fingerprint density at radius 3 is 2.67 bits per heavy atom. The molecule has 2 N–H and O–H groups in total. The maximum atomic E-state index is 13.2. The number of ether oxygens (including phenoxy) is 1. The molecule has 0 aromatic heterocycles. The van der Waals surface area contributed by atoms with Gasteiger partial charge in [0.2, 0.25) is 0 Å².